The van der Waals surface area contributed by atoms with Crippen LogP contribution in [0.1, 0.15) is 56.3 Å². The lowest BCUT2D eigenvalue weighted by atomic mass is 9.95. The molecule has 2 fully saturated rings. The topological polar surface area (TPSA) is 108 Å². The molecule has 0 spiro atoms. The number of hydrazine groups is 1. The quantitative estimate of drug-likeness (QED) is 0.295. The Bertz CT molecular complexity index is 1530. The maximum atomic E-state index is 14.5. The van der Waals surface area contributed by atoms with Gasteiger partial charge in [0.2, 0.25) is 11.8 Å². The van der Waals surface area contributed by atoms with Crippen molar-refractivity contribution >= 4 is 23.5 Å². The Kier molecular flexibility index (Phi) is 10.1. The molecular formula is C35H43FN6O4. The first-order chi connectivity index (χ1) is 22.1. The van der Waals surface area contributed by atoms with Gasteiger partial charge in [0, 0.05) is 31.7 Å². The SMILES string of the molecule is CCC(CC)Nc1cc(F)ccc1[C@H](C)N1C[C@H]2N(C(=O)CN(C)N2C(=O)NCc2ccccc2)[C@@H](Cc2ccc(O)cc2)C1=O. The van der Waals surface area contributed by atoms with E-state index in [1.807, 2.05) is 37.3 Å². The van der Waals surface area contributed by atoms with Crippen molar-refractivity contribution in [1.82, 2.24) is 25.1 Å². The monoisotopic (exact) mass is 630 g/mol. The van der Waals surface area contributed by atoms with Gasteiger partial charge in [0.05, 0.1) is 19.1 Å². The summed E-state index contributed by atoms with van der Waals surface area (Å²) in [6.45, 7) is 6.29. The Morgan fingerprint density at radius 3 is 2.37 bits per heavy atom. The number of carbonyl (C=O) groups excluding carboxylic acids is 3. The largest absolute Gasteiger partial charge is 0.508 e. The fourth-order valence-electron chi connectivity index (χ4n) is 6.42. The lowest BCUT2D eigenvalue weighted by molar-refractivity contribution is -0.189. The van der Waals surface area contributed by atoms with Crippen LogP contribution >= 0.6 is 0 Å². The van der Waals surface area contributed by atoms with Crippen LogP contribution in [-0.2, 0) is 22.6 Å². The minimum atomic E-state index is -0.910. The predicted molar refractivity (Wildman–Crippen MR) is 174 cm³/mol. The number of likely N-dealkylation sites (N-methyl/N-ethyl adjacent to an activating group) is 1. The molecule has 0 bridgehead atoms. The summed E-state index contributed by atoms with van der Waals surface area (Å²) < 4.78 is 14.5. The Balaban J connectivity index is 1.52. The number of nitrogens with one attached hydrogen (secondary N) is 2. The second-order valence-corrected chi connectivity index (χ2v) is 12.0. The van der Waals surface area contributed by atoms with Crippen LogP contribution in [-0.4, -0.2) is 81.2 Å². The summed E-state index contributed by atoms with van der Waals surface area (Å²) in [6, 6.07) is 18.9. The minimum absolute atomic E-state index is 0.0582. The van der Waals surface area contributed by atoms with Crippen molar-refractivity contribution in [2.75, 3.05) is 25.5 Å². The van der Waals surface area contributed by atoms with Crippen LogP contribution < -0.4 is 10.6 Å². The van der Waals surface area contributed by atoms with E-state index in [4.69, 9.17) is 0 Å². The Labute approximate surface area is 269 Å². The van der Waals surface area contributed by atoms with E-state index in [1.165, 1.54) is 22.0 Å². The number of carbonyl (C=O) groups is 3. The number of fused-ring (bicyclic) bond motifs is 1. The fourth-order valence-corrected chi connectivity index (χ4v) is 6.42. The normalized spacial score (nSPS) is 19.3. The summed E-state index contributed by atoms with van der Waals surface area (Å²) in [6.07, 6.45) is 1.09. The number of phenols is 1. The van der Waals surface area contributed by atoms with Crippen LogP contribution in [0.4, 0.5) is 14.9 Å². The molecule has 0 saturated carbocycles. The lowest BCUT2D eigenvalue weighted by Crippen LogP contribution is -2.76. The molecule has 2 aliphatic rings. The summed E-state index contributed by atoms with van der Waals surface area (Å²) in [5.74, 6) is -0.816. The van der Waals surface area contributed by atoms with Gasteiger partial charge in [-0.25, -0.2) is 19.2 Å². The van der Waals surface area contributed by atoms with Crippen LogP contribution in [0.3, 0.4) is 0 Å². The van der Waals surface area contributed by atoms with Crippen molar-refractivity contribution in [1.29, 1.82) is 0 Å². The molecule has 4 amide bonds. The molecule has 0 aliphatic carbocycles. The van der Waals surface area contributed by atoms with Crippen LogP contribution in [0.25, 0.3) is 0 Å². The molecule has 244 valence electrons. The molecular weight excluding hydrogens is 587 g/mol. The van der Waals surface area contributed by atoms with E-state index < -0.39 is 24.3 Å². The number of halogens is 1. The third-order valence-corrected chi connectivity index (χ3v) is 9.03. The average molecular weight is 631 g/mol. The highest BCUT2D eigenvalue weighted by Gasteiger charge is 2.51. The molecule has 2 heterocycles. The van der Waals surface area contributed by atoms with Crippen molar-refractivity contribution in [2.24, 2.45) is 0 Å². The third-order valence-electron chi connectivity index (χ3n) is 9.03. The molecule has 11 heteroatoms. The Morgan fingerprint density at radius 2 is 1.70 bits per heavy atom. The van der Waals surface area contributed by atoms with E-state index in [-0.39, 0.29) is 48.9 Å². The van der Waals surface area contributed by atoms with Gasteiger partial charge in [-0.3, -0.25) is 9.59 Å². The summed E-state index contributed by atoms with van der Waals surface area (Å²) >= 11 is 0. The smallest absolute Gasteiger partial charge is 0.334 e. The molecule has 10 nitrogen and oxygen atoms in total. The number of hydrogen-bond acceptors (Lipinski definition) is 6. The van der Waals surface area contributed by atoms with Gasteiger partial charge in [0.15, 0.2) is 0 Å². The summed E-state index contributed by atoms with van der Waals surface area (Å²) in [5.41, 5.74) is 3.04. The maximum Gasteiger partial charge on any atom is 0.334 e. The molecule has 3 atom stereocenters. The minimum Gasteiger partial charge on any atom is -0.508 e. The van der Waals surface area contributed by atoms with Crippen molar-refractivity contribution in [2.45, 2.75) is 70.9 Å². The van der Waals surface area contributed by atoms with Gasteiger partial charge in [-0.1, -0.05) is 62.4 Å². The Morgan fingerprint density at radius 1 is 1.00 bits per heavy atom. The van der Waals surface area contributed by atoms with E-state index >= 15 is 0 Å². The molecule has 3 aromatic rings. The van der Waals surface area contributed by atoms with Gasteiger partial charge in [0.1, 0.15) is 23.8 Å². The number of urea groups is 1. The highest BCUT2D eigenvalue weighted by molar-refractivity contribution is 5.92. The van der Waals surface area contributed by atoms with Crippen molar-refractivity contribution in [3.63, 3.8) is 0 Å². The van der Waals surface area contributed by atoms with Gasteiger partial charge in [0.25, 0.3) is 0 Å². The highest BCUT2D eigenvalue weighted by Crippen LogP contribution is 2.35. The van der Waals surface area contributed by atoms with Gasteiger partial charge in [-0.2, -0.15) is 0 Å². The third kappa shape index (κ3) is 6.94. The van der Waals surface area contributed by atoms with E-state index in [1.54, 1.807) is 47.3 Å². The van der Waals surface area contributed by atoms with E-state index in [0.717, 1.165) is 29.5 Å². The van der Waals surface area contributed by atoms with E-state index in [9.17, 15) is 23.9 Å². The summed E-state index contributed by atoms with van der Waals surface area (Å²) in [4.78, 5) is 45.2. The van der Waals surface area contributed by atoms with Crippen LogP contribution in [0.15, 0.2) is 72.8 Å². The molecule has 2 saturated heterocycles. The number of anilines is 1. The Hall–Kier alpha value is -4.64. The predicted octanol–water partition coefficient (Wildman–Crippen LogP) is 4.87. The number of piperazine rings is 1. The molecule has 0 radical (unpaired) electrons. The number of phenolic OH excluding ortho intramolecular Hbond substituents is 1. The van der Waals surface area contributed by atoms with Crippen molar-refractivity contribution < 1.29 is 23.9 Å². The van der Waals surface area contributed by atoms with Gasteiger partial charge >= 0.3 is 6.03 Å². The van der Waals surface area contributed by atoms with Gasteiger partial charge < -0.3 is 25.5 Å². The fraction of sp³-hybridized carbons (Fsp3) is 0.400. The van der Waals surface area contributed by atoms with Gasteiger partial charge in [-0.05, 0) is 60.7 Å². The second-order valence-electron chi connectivity index (χ2n) is 12.0. The van der Waals surface area contributed by atoms with Crippen molar-refractivity contribution in [3.05, 3.63) is 95.3 Å². The second kappa shape index (κ2) is 14.2. The molecule has 0 unspecified atom stereocenters. The summed E-state index contributed by atoms with van der Waals surface area (Å²) in [7, 11) is 1.69. The van der Waals surface area contributed by atoms with Crippen LogP contribution in [0.2, 0.25) is 0 Å². The lowest BCUT2D eigenvalue weighted by Gasteiger charge is -2.55. The molecule has 46 heavy (non-hydrogen) atoms. The zero-order valence-corrected chi connectivity index (χ0v) is 26.8. The molecule has 0 aromatic heterocycles. The number of amides is 4. The standard InChI is InChI=1S/C35H43FN6O4/c1-5-27(6-2)38-30-19-26(36)14-17-29(30)23(3)40-21-32-41(31(34(40)45)18-24-12-15-28(43)16-13-24)33(44)22-39(4)42(32)35(46)37-20-25-10-8-7-9-11-25/h7-17,19,23,27,31-32,38,43H,5-6,18,20-22H2,1-4H3,(H,37,46)/t23-,31-,32-/m0/s1. The van der Waals surface area contributed by atoms with Gasteiger partial charge in [-0.15, -0.1) is 0 Å². The molecule has 3 aromatic carbocycles. The van der Waals surface area contributed by atoms with Crippen LogP contribution in [0.5, 0.6) is 5.75 Å². The summed E-state index contributed by atoms with van der Waals surface area (Å²) in [5, 5.41) is 19.4. The van der Waals surface area contributed by atoms with E-state index in [0.29, 0.717) is 12.2 Å². The molecule has 2 aliphatic heterocycles. The maximum absolute atomic E-state index is 14.5. The number of benzene rings is 3. The first kappa shape index (κ1) is 32.7. The zero-order valence-electron chi connectivity index (χ0n) is 26.8. The number of aromatic hydroxyl groups is 1. The molecule has 3 N–H and O–H groups in total. The molecule has 5 rings (SSSR count). The number of rotatable bonds is 10. The van der Waals surface area contributed by atoms with E-state index in [2.05, 4.69) is 24.5 Å². The highest BCUT2D eigenvalue weighted by atomic mass is 19.1. The van der Waals surface area contributed by atoms with Crippen LogP contribution in [0, 0.1) is 5.82 Å². The van der Waals surface area contributed by atoms with Crippen molar-refractivity contribution in [3.8, 4) is 5.75 Å². The average Bonchev–Trinajstić information content (AvgIpc) is 3.04. The number of hydrogen-bond donors (Lipinski definition) is 3. The zero-order chi connectivity index (χ0) is 33.0. The first-order valence-electron chi connectivity index (χ1n) is 15.9. The first-order valence-corrected chi connectivity index (χ1v) is 15.9. The number of nitrogens with zero attached hydrogens (tertiary/aromatic N) is 4.